The molecule has 4 nitrogen and oxygen atoms in total. The second kappa shape index (κ2) is 5.74. The molecule has 0 radical (unpaired) electrons. The first-order chi connectivity index (χ1) is 7.95. The minimum Gasteiger partial charge on any atom is -0.343 e. The first-order valence-corrected chi connectivity index (χ1v) is 6.51. The highest BCUT2D eigenvalue weighted by atomic mass is 35.5. The van der Waals surface area contributed by atoms with E-state index < -0.39 is 5.54 Å². The van der Waals surface area contributed by atoms with Gasteiger partial charge in [-0.25, -0.2) is 0 Å². The van der Waals surface area contributed by atoms with Crippen molar-refractivity contribution in [2.24, 2.45) is 0 Å². The fourth-order valence-electron chi connectivity index (χ4n) is 1.41. The molecule has 0 saturated heterocycles. The van der Waals surface area contributed by atoms with Crippen molar-refractivity contribution in [2.75, 3.05) is 11.8 Å². The van der Waals surface area contributed by atoms with Crippen LogP contribution in [0.4, 0.5) is 0 Å². The molecule has 0 aliphatic carbocycles. The molecule has 0 aliphatic rings. The van der Waals surface area contributed by atoms with Crippen molar-refractivity contribution in [2.45, 2.75) is 32.9 Å². The van der Waals surface area contributed by atoms with Crippen molar-refractivity contribution in [3.63, 3.8) is 0 Å². The Balaban J connectivity index is 2.89. The monoisotopic (exact) mass is 277 g/mol. The largest absolute Gasteiger partial charge is 0.343 e. The van der Waals surface area contributed by atoms with Gasteiger partial charge in [-0.3, -0.25) is 9.48 Å². The number of alkyl halides is 2. The van der Waals surface area contributed by atoms with E-state index in [2.05, 4.69) is 10.4 Å². The molecular formula is C11H17Cl2N3O. The first kappa shape index (κ1) is 14.3. The molecule has 0 saturated carbocycles. The number of nitrogens with zero attached hydrogens (tertiary/aromatic N) is 2. The molecule has 0 fully saturated rings. The molecule has 17 heavy (non-hydrogen) atoms. The molecule has 0 aromatic carbocycles. The Labute approximate surface area is 111 Å². The summed E-state index contributed by atoms with van der Waals surface area (Å²) in [6, 6.07) is 1.75. The van der Waals surface area contributed by atoms with Crippen LogP contribution in [0.15, 0.2) is 6.07 Å². The SMILES string of the molecule is CCn1nc(C)cc1C(=O)NC(C)(CCl)CCl. The van der Waals surface area contributed by atoms with Crippen LogP contribution in [0.25, 0.3) is 0 Å². The van der Waals surface area contributed by atoms with E-state index in [9.17, 15) is 4.79 Å². The van der Waals surface area contributed by atoms with E-state index in [1.807, 2.05) is 20.8 Å². The van der Waals surface area contributed by atoms with Crippen LogP contribution < -0.4 is 5.32 Å². The Hall–Kier alpha value is -0.740. The van der Waals surface area contributed by atoms with E-state index in [4.69, 9.17) is 23.2 Å². The molecule has 1 amide bonds. The third kappa shape index (κ3) is 3.36. The van der Waals surface area contributed by atoms with Gasteiger partial charge in [0.05, 0.1) is 11.2 Å². The van der Waals surface area contributed by atoms with Gasteiger partial charge in [0.2, 0.25) is 0 Å². The minimum atomic E-state index is -0.600. The number of amides is 1. The van der Waals surface area contributed by atoms with Crippen molar-refractivity contribution in [1.82, 2.24) is 15.1 Å². The maximum absolute atomic E-state index is 12.1. The van der Waals surface area contributed by atoms with E-state index in [0.717, 1.165) is 5.69 Å². The Morgan fingerprint density at radius 2 is 2.12 bits per heavy atom. The maximum Gasteiger partial charge on any atom is 0.270 e. The zero-order valence-electron chi connectivity index (χ0n) is 10.3. The normalized spacial score (nSPS) is 11.6. The van der Waals surface area contributed by atoms with Gasteiger partial charge in [0, 0.05) is 18.3 Å². The zero-order valence-corrected chi connectivity index (χ0v) is 11.8. The molecule has 0 bridgehead atoms. The van der Waals surface area contributed by atoms with Gasteiger partial charge in [-0.05, 0) is 26.8 Å². The molecular weight excluding hydrogens is 261 g/mol. The van der Waals surface area contributed by atoms with E-state index in [1.54, 1.807) is 10.7 Å². The molecule has 0 unspecified atom stereocenters. The maximum atomic E-state index is 12.1. The van der Waals surface area contributed by atoms with Crippen LogP contribution in [0.5, 0.6) is 0 Å². The standard InChI is InChI=1S/C11H17Cl2N3O/c1-4-16-9(5-8(2)15-16)10(17)14-11(3,6-12)7-13/h5H,4,6-7H2,1-3H3,(H,14,17). The zero-order chi connectivity index (χ0) is 13.1. The quantitative estimate of drug-likeness (QED) is 0.839. The third-order valence-corrected chi connectivity index (χ3v) is 3.62. The number of carbonyl (C=O) groups excluding carboxylic acids is 1. The summed E-state index contributed by atoms with van der Waals surface area (Å²) in [4.78, 5) is 12.1. The van der Waals surface area contributed by atoms with Gasteiger partial charge >= 0.3 is 0 Å². The fourth-order valence-corrected chi connectivity index (χ4v) is 1.83. The third-order valence-electron chi connectivity index (χ3n) is 2.44. The molecule has 1 aromatic heterocycles. The summed E-state index contributed by atoms with van der Waals surface area (Å²) < 4.78 is 1.66. The van der Waals surface area contributed by atoms with Crippen molar-refractivity contribution in [1.29, 1.82) is 0 Å². The van der Waals surface area contributed by atoms with Gasteiger partial charge in [0.15, 0.2) is 0 Å². The molecule has 0 atom stereocenters. The lowest BCUT2D eigenvalue weighted by atomic mass is 10.1. The van der Waals surface area contributed by atoms with Crippen LogP contribution in [-0.4, -0.2) is 33.0 Å². The van der Waals surface area contributed by atoms with Gasteiger partial charge in [0.25, 0.3) is 5.91 Å². The number of rotatable bonds is 5. The number of carbonyl (C=O) groups is 1. The summed E-state index contributed by atoms with van der Waals surface area (Å²) >= 11 is 11.6. The fraction of sp³-hybridized carbons (Fsp3) is 0.636. The van der Waals surface area contributed by atoms with Gasteiger partial charge in [0.1, 0.15) is 5.69 Å². The predicted molar refractivity (Wildman–Crippen MR) is 69.9 cm³/mol. The Morgan fingerprint density at radius 1 is 1.53 bits per heavy atom. The van der Waals surface area contributed by atoms with Crippen molar-refractivity contribution in [3.05, 3.63) is 17.5 Å². The second-order valence-corrected chi connectivity index (χ2v) is 4.80. The number of halogens is 2. The topological polar surface area (TPSA) is 46.9 Å². The molecule has 0 spiro atoms. The molecule has 1 aromatic rings. The van der Waals surface area contributed by atoms with Crippen LogP contribution in [0.3, 0.4) is 0 Å². The lowest BCUT2D eigenvalue weighted by Crippen LogP contribution is -2.49. The van der Waals surface area contributed by atoms with Crippen molar-refractivity contribution in [3.8, 4) is 0 Å². The van der Waals surface area contributed by atoms with Gasteiger partial charge in [-0.1, -0.05) is 0 Å². The number of aryl methyl sites for hydroxylation is 2. The average molecular weight is 278 g/mol. The minimum absolute atomic E-state index is 0.198. The van der Waals surface area contributed by atoms with E-state index in [1.165, 1.54) is 0 Å². The Kier molecular flexibility index (Phi) is 4.83. The summed E-state index contributed by atoms with van der Waals surface area (Å²) in [6.45, 7) is 6.25. The highest BCUT2D eigenvalue weighted by molar-refractivity contribution is 6.22. The van der Waals surface area contributed by atoms with E-state index >= 15 is 0 Å². The summed E-state index contributed by atoms with van der Waals surface area (Å²) in [7, 11) is 0. The predicted octanol–water partition coefficient (Wildman–Crippen LogP) is 2.18. The van der Waals surface area contributed by atoms with Crippen LogP contribution in [-0.2, 0) is 6.54 Å². The van der Waals surface area contributed by atoms with Crippen molar-refractivity contribution >= 4 is 29.1 Å². The molecule has 96 valence electrons. The molecule has 1 heterocycles. The lowest BCUT2D eigenvalue weighted by Gasteiger charge is -2.25. The van der Waals surface area contributed by atoms with Crippen LogP contribution in [0, 0.1) is 6.92 Å². The highest BCUT2D eigenvalue weighted by Gasteiger charge is 2.26. The number of hydrogen-bond acceptors (Lipinski definition) is 2. The summed E-state index contributed by atoms with van der Waals surface area (Å²) in [5.74, 6) is 0.333. The summed E-state index contributed by atoms with van der Waals surface area (Å²) in [5, 5.41) is 7.06. The average Bonchev–Trinajstić information content (AvgIpc) is 2.70. The van der Waals surface area contributed by atoms with Gasteiger partial charge < -0.3 is 5.32 Å². The lowest BCUT2D eigenvalue weighted by molar-refractivity contribution is 0.0910. The highest BCUT2D eigenvalue weighted by Crippen LogP contribution is 2.11. The van der Waals surface area contributed by atoms with E-state index in [-0.39, 0.29) is 17.7 Å². The Bertz CT molecular complexity index is 399. The molecule has 1 rings (SSSR count). The summed E-state index contributed by atoms with van der Waals surface area (Å²) in [5.41, 5.74) is 0.749. The number of hydrogen-bond donors (Lipinski definition) is 1. The van der Waals surface area contributed by atoms with Gasteiger partial charge in [-0.2, -0.15) is 5.10 Å². The van der Waals surface area contributed by atoms with Crippen LogP contribution >= 0.6 is 23.2 Å². The molecule has 6 heteroatoms. The Morgan fingerprint density at radius 3 is 2.59 bits per heavy atom. The van der Waals surface area contributed by atoms with Crippen LogP contribution in [0.1, 0.15) is 30.0 Å². The molecule has 0 aliphatic heterocycles. The number of nitrogens with one attached hydrogen (secondary N) is 1. The second-order valence-electron chi connectivity index (χ2n) is 4.27. The number of aromatic nitrogens is 2. The molecule has 1 N–H and O–H groups in total. The van der Waals surface area contributed by atoms with Crippen LogP contribution in [0.2, 0.25) is 0 Å². The van der Waals surface area contributed by atoms with E-state index in [0.29, 0.717) is 12.2 Å². The first-order valence-electron chi connectivity index (χ1n) is 5.44. The smallest absolute Gasteiger partial charge is 0.270 e. The van der Waals surface area contributed by atoms with Gasteiger partial charge in [-0.15, -0.1) is 23.2 Å². The summed E-state index contributed by atoms with van der Waals surface area (Å²) in [6.07, 6.45) is 0. The van der Waals surface area contributed by atoms with Crippen molar-refractivity contribution < 1.29 is 4.79 Å².